The lowest BCUT2D eigenvalue weighted by atomic mass is 9.97. The van der Waals surface area contributed by atoms with Gasteiger partial charge in [-0.05, 0) is 25.0 Å². The van der Waals surface area contributed by atoms with Crippen molar-refractivity contribution in [1.29, 1.82) is 0 Å². The van der Waals surface area contributed by atoms with E-state index in [1.807, 2.05) is 25.8 Å². The fourth-order valence-electron chi connectivity index (χ4n) is 5.30. The summed E-state index contributed by atoms with van der Waals surface area (Å²) in [5.74, 6) is -3.21. The van der Waals surface area contributed by atoms with Gasteiger partial charge in [0.25, 0.3) is 0 Å². The number of fused-ring (bicyclic) bond motifs is 4. The molecule has 38 heavy (non-hydrogen) atoms. The predicted octanol–water partition coefficient (Wildman–Crippen LogP) is 4.91. The molecule has 0 aliphatic heterocycles. The second-order valence-corrected chi connectivity index (χ2v) is 9.32. The maximum absolute atomic E-state index is 15.4. The van der Waals surface area contributed by atoms with Crippen LogP contribution in [-0.2, 0) is 13.0 Å². The zero-order chi connectivity index (χ0) is 27.3. The van der Waals surface area contributed by atoms with E-state index >= 15 is 4.39 Å². The van der Waals surface area contributed by atoms with Crippen LogP contribution in [0.15, 0.2) is 35.5 Å². The zero-order valence-electron chi connectivity index (χ0n) is 21.5. The number of aromatic carboxylic acids is 1. The number of anilines is 2. The van der Waals surface area contributed by atoms with E-state index in [1.165, 1.54) is 6.20 Å². The van der Waals surface area contributed by atoms with Crippen LogP contribution in [0.25, 0.3) is 33.3 Å². The summed E-state index contributed by atoms with van der Waals surface area (Å²) < 4.78 is 31.6. The van der Waals surface area contributed by atoms with Gasteiger partial charge in [0.15, 0.2) is 11.6 Å². The Labute approximate surface area is 217 Å². The maximum atomic E-state index is 15.4. The molecule has 0 spiro atoms. The summed E-state index contributed by atoms with van der Waals surface area (Å²) in [7, 11) is 3.53. The Hall–Kier alpha value is -4.34. The third kappa shape index (κ3) is 3.79. The lowest BCUT2D eigenvalue weighted by Crippen LogP contribution is -2.21. The van der Waals surface area contributed by atoms with Crippen molar-refractivity contribution >= 4 is 28.4 Å². The summed E-state index contributed by atoms with van der Waals surface area (Å²) in [5, 5.41) is 12.7. The molecule has 0 radical (unpaired) electrons. The van der Waals surface area contributed by atoms with Crippen molar-refractivity contribution in [2.45, 2.75) is 33.2 Å². The van der Waals surface area contributed by atoms with Crippen molar-refractivity contribution in [2.75, 3.05) is 30.9 Å². The van der Waals surface area contributed by atoms with Gasteiger partial charge in [-0.15, -0.1) is 0 Å². The van der Waals surface area contributed by atoms with E-state index in [0.29, 0.717) is 64.5 Å². The first-order chi connectivity index (χ1) is 18.2. The number of aryl methyl sites for hydroxylation is 1. The van der Waals surface area contributed by atoms with E-state index in [0.717, 1.165) is 12.5 Å². The van der Waals surface area contributed by atoms with E-state index < -0.39 is 23.0 Å². The molecule has 0 atom stereocenters. The van der Waals surface area contributed by atoms with Crippen LogP contribution in [0.3, 0.4) is 0 Å². The molecule has 3 aromatic heterocycles. The third-order valence-electron chi connectivity index (χ3n) is 7.06. The number of aromatic nitrogens is 3. The summed E-state index contributed by atoms with van der Waals surface area (Å²) in [6, 6.07) is 2.76. The van der Waals surface area contributed by atoms with Crippen LogP contribution in [-0.4, -0.2) is 46.3 Å². The standard InChI is InChI=1S/C28H27F2N5O3/c1-5-7-34(4)25-17(12-32-21-9-15-20(31-3)10-19(29)24(30)22(15)23(21)25)14-8-16-26(36)18(28(37)38)13-35(6-2)27(16)33-11-14/h8,10-13,31H,5-7,9H2,1-4H3,(H,37,38). The van der Waals surface area contributed by atoms with Gasteiger partial charge in [-0.3, -0.25) is 9.78 Å². The first-order valence-corrected chi connectivity index (χ1v) is 12.4. The first-order valence-electron chi connectivity index (χ1n) is 12.4. The Bertz CT molecular complexity index is 1680. The van der Waals surface area contributed by atoms with Crippen molar-refractivity contribution in [3.63, 3.8) is 0 Å². The van der Waals surface area contributed by atoms with Gasteiger partial charge in [0.2, 0.25) is 5.43 Å². The van der Waals surface area contributed by atoms with E-state index in [2.05, 4.69) is 15.3 Å². The highest BCUT2D eigenvalue weighted by atomic mass is 19.2. The van der Waals surface area contributed by atoms with Gasteiger partial charge in [-0.1, -0.05) is 6.92 Å². The lowest BCUT2D eigenvalue weighted by molar-refractivity contribution is 0.0695. The Morgan fingerprint density at radius 2 is 1.95 bits per heavy atom. The van der Waals surface area contributed by atoms with E-state index in [1.54, 1.807) is 30.1 Å². The molecule has 1 aromatic carbocycles. The molecular weight excluding hydrogens is 492 g/mol. The molecule has 8 nitrogen and oxygen atoms in total. The maximum Gasteiger partial charge on any atom is 0.341 e. The number of rotatable bonds is 7. The molecule has 4 aromatic rings. The number of carboxylic acid groups (broad SMARTS) is 1. The molecule has 0 fully saturated rings. The molecule has 0 unspecified atom stereocenters. The van der Waals surface area contributed by atoms with Gasteiger partial charge in [-0.25, -0.2) is 18.6 Å². The quantitative estimate of drug-likeness (QED) is 0.315. The van der Waals surface area contributed by atoms with Crippen LogP contribution >= 0.6 is 0 Å². The van der Waals surface area contributed by atoms with E-state index in [9.17, 15) is 19.1 Å². The number of halogens is 2. The molecule has 0 saturated heterocycles. The summed E-state index contributed by atoms with van der Waals surface area (Å²) >= 11 is 0. The number of hydrogen-bond donors (Lipinski definition) is 2. The first kappa shape index (κ1) is 25.3. The molecule has 2 N–H and O–H groups in total. The lowest BCUT2D eigenvalue weighted by Gasteiger charge is -2.25. The number of hydrogen-bond acceptors (Lipinski definition) is 6. The Morgan fingerprint density at radius 3 is 2.61 bits per heavy atom. The van der Waals surface area contributed by atoms with Crippen LogP contribution < -0.4 is 15.6 Å². The minimum Gasteiger partial charge on any atom is -0.477 e. The van der Waals surface area contributed by atoms with Crippen molar-refractivity contribution < 1.29 is 18.7 Å². The van der Waals surface area contributed by atoms with Gasteiger partial charge in [0.05, 0.1) is 16.8 Å². The van der Waals surface area contributed by atoms with Crippen molar-refractivity contribution in [1.82, 2.24) is 14.5 Å². The van der Waals surface area contributed by atoms with E-state index in [4.69, 9.17) is 0 Å². The normalized spacial score (nSPS) is 11.9. The van der Waals surface area contributed by atoms with Crippen LogP contribution in [0.1, 0.15) is 41.9 Å². The summed E-state index contributed by atoms with van der Waals surface area (Å²) in [6.07, 6.45) is 5.68. The molecule has 1 aliphatic rings. The van der Waals surface area contributed by atoms with Gasteiger partial charge in [-0.2, -0.15) is 0 Å². The van der Waals surface area contributed by atoms with Crippen LogP contribution in [0.4, 0.5) is 20.2 Å². The van der Waals surface area contributed by atoms with Crippen molar-refractivity contribution in [2.24, 2.45) is 0 Å². The minimum absolute atomic E-state index is 0.156. The van der Waals surface area contributed by atoms with Crippen LogP contribution in [0.5, 0.6) is 0 Å². The molecule has 1 aliphatic carbocycles. The molecule has 3 heterocycles. The van der Waals surface area contributed by atoms with Gasteiger partial charge in [0, 0.05) is 86.2 Å². The predicted molar refractivity (Wildman–Crippen MR) is 143 cm³/mol. The average Bonchev–Trinajstić information content (AvgIpc) is 3.30. The molecule has 0 amide bonds. The highest BCUT2D eigenvalue weighted by Crippen LogP contribution is 2.49. The highest BCUT2D eigenvalue weighted by molar-refractivity contribution is 5.98. The fraction of sp³-hybridized carbons (Fsp3) is 0.286. The number of carbonyl (C=O) groups is 1. The molecule has 196 valence electrons. The molecule has 0 bridgehead atoms. The van der Waals surface area contributed by atoms with Crippen LogP contribution in [0, 0.1) is 11.6 Å². The van der Waals surface area contributed by atoms with Gasteiger partial charge in [0.1, 0.15) is 11.2 Å². The second-order valence-electron chi connectivity index (χ2n) is 9.32. The minimum atomic E-state index is -1.32. The average molecular weight is 520 g/mol. The second kappa shape index (κ2) is 9.51. The number of nitrogens with one attached hydrogen (secondary N) is 1. The Morgan fingerprint density at radius 1 is 1.18 bits per heavy atom. The topological polar surface area (TPSA) is 100 Å². The largest absolute Gasteiger partial charge is 0.477 e. The zero-order valence-corrected chi connectivity index (χ0v) is 21.5. The summed E-state index contributed by atoms with van der Waals surface area (Å²) in [5.41, 5.74) is 3.56. The SMILES string of the molecule is CCCN(C)c1c(-c2cnc3c(c2)c(=O)c(C(=O)O)cn3CC)cnc2c1-c1c(F)c(F)cc(NC)c1C2. The fourth-order valence-corrected chi connectivity index (χ4v) is 5.30. The van der Waals surface area contributed by atoms with Crippen molar-refractivity contribution in [3.05, 3.63) is 69.4 Å². The highest BCUT2D eigenvalue weighted by Gasteiger charge is 2.33. The summed E-state index contributed by atoms with van der Waals surface area (Å²) in [6.45, 7) is 4.89. The van der Waals surface area contributed by atoms with Crippen molar-refractivity contribution in [3.8, 4) is 22.3 Å². The monoisotopic (exact) mass is 519 g/mol. The number of carboxylic acids is 1. The number of nitrogens with zero attached hydrogens (tertiary/aromatic N) is 4. The molecule has 10 heteroatoms. The number of benzene rings is 1. The summed E-state index contributed by atoms with van der Waals surface area (Å²) in [4.78, 5) is 35.9. The number of pyridine rings is 3. The van der Waals surface area contributed by atoms with Gasteiger partial charge >= 0.3 is 5.97 Å². The third-order valence-corrected chi connectivity index (χ3v) is 7.06. The smallest absolute Gasteiger partial charge is 0.341 e. The molecule has 5 rings (SSSR count). The van der Waals surface area contributed by atoms with E-state index in [-0.39, 0.29) is 16.5 Å². The Balaban J connectivity index is 1.84. The van der Waals surface area contributed by atoms with Gasteiger partial charge < -0.3 is 19.9 Å². The molecular formula is C28H27F2N5O3. The van der Waals surface area contributed by atoms with Crippen LogP contribution in [0.2, 0.25) is 0 Å². The molecule has 0 saturated carbocycles. The Kier molecular flexibility index (Phi) is 6.34.